The molecule has 1 atom stereocenters. The normalized spacial score (nSPS) is 15.4. The van der Waals surface area contributed by atoms with Crippen LogP contribution in [-0.4, -0.2) is 86.9 Å². The quantitative estimate of drug-likeness (QED) is 0.623. The molecule has 1 aliphatic heterocycles. The maximum Gasteiger partial charge on any atom is 0.255 e. The molecule has 2 aromatic rings. The summed E-state index contributed by atoms with van der Waals surface area (Å²) in [6, 6.07) is 7.33. The molecule has 1 aromatic heterocycles. The summed E-state index contributed by atoms with van der Waals surface area (Å²) in [6.45, 7) is 2.90. The summed E-state index contributed by atoms with van der Waals surface area (Å²) in [6.07, 6.45) is 3.26. The van der Waals surface area contributed by atoms with E-state index in [2.05, 4.69) is 10.3 Å². The molecule has 10 nitrogen and oxygen atoms in total. The number of likely N-dealkylation sites (N-methyl/N-ethyl adjacent to an activating group) is 1. The second-order valence-corrected chi connectivity index (χ2v) is 9.27. The number of nitrogens with two attached hydrogens (primary N) is 1. The molecule has 0 spiro atoms. The van der Waals surface area contributed by atoms with Crippen molar-refractivity contribution < 1.29 is 14.4 Å². The van der Waals surface area contributed by atoms with Gasteiger partial charge in [0.15, 0.2) is 0 Å². The van der Waals surface area contributed by atoms with Gasteiger partial charge in [0.25, 0.3) is 11.8 Å². The fourth-order valence-corrected chi connectivity index (χ4v) is 4.30. The second-order valence-electron chi connectivity index (χ2n) is 9.27. The summed E-state index contributed by atoms with van der Waals surface area (Å²) in [5.74, 6) is -0.0672. The SMILES string of the molecule is CC(=O)N1CCC[C@@H](N(C)c2cc(Nc3ccc(C(=O)N(C)C)c(N(C)C)c3)ncc2C(N)=O)C1. The Morgan fingerprint density at radius 2 is 1.77 bits per heavy atom. The molecule has 0 bridgehead atoms. The Bertz CT molecular complexity index is 1120. The van der Waals surface area contributed by atoms with E-state index in [9.17, 15) is 14.4 Å². The lowest BCUT2D eigenvalue weighted by atomic mass is 10.0. The molecule has 0 saturated carbocycles. The van der Waals surface area contributed by atoms with Crippen LogP contribution in [0.25, 0.3) is 0 Å². The number of hydrogen-bond donors (Lipinski definition) is 2. The highest BCUT2D eigenvalue weighted by Crippen LogP contribution is 2.30. The fraction of sp³-hybridized carbons (Fsp3) is 0.440. The smallest absolute Gasteiger partial charge is 0.255 e. The van der Waals surface area contributed by atoms with Crippen molar-refractivity contribution in [2.75, 3.05) is 63.4 Å². The monoisotopic (exact) mass is 481 g/mol. The molecule has 35 heavy (non-hydrogen) atoms. The molecule has 3 amide bonds. The summed E-state index contributed by atoms with van der Waals surface area (Å²) in [4.78, 5) is 48.3. The van der Waals surface area contributed by atoms with Gasteiger partial charge in [0.1, 0.15) is 5.82 Å². The number of likely N-dealkylation sites (tertiary alicyclic amines) is 1. The van der Waals surface area contributed by atoms with E-state index < -0.39 is 5.91 Å². The van der Waals surface area contributed by atoms with E-state index in [0.29, 0.717) is 29.2 Å². The van der Waals surface area contributed by atoms with Gasteiger partial charge in [0.2, 0.25) is 5.91 Å². The summed E-state index contributed by atoms with van der Waals surface area (Å²) >= 11 is 0. The molecule has 0 radical (unpaired) electrons. The van der Waals surface area contributed by atoms with Gasteiger partial charge in [-0.15, -0.1) is 0 Å². The van der Waals surface area contributed by atoms with Crippen LogP contribution in [-0.2, 0) is 4.79 Å². The third kappa shape index (κ3) is 5.82. The molecular formula is C25H35N7O3. The van der Waals surface area contributed by atoms with Gasteiger partial charge in [0, 0.05) is 79.2 Å². The molecule has 3 N–H and O–H groups in total. The van der Waals surface area contributed by atoms with Crippen molar-refractivity contribution in [2.24, 2.45) is 5.73 Å². The Kier molecular flexibility index (Phi) is 7.83. The van der Waals surface area contributed by atoms with Gasteiger partial charge >= 0.3 is 0 Å². The minimum Gasteiger partial charge on any atom is -0.377 e. The topological polar surface area (TPSA) is 115 Å². The number of carbonyl (C=O) groups is 3. The number of aromatic nitrogens is 1. The summed E-state index contributed by atoms with van der Waals surface area (Å²) in [5, 5.41) is 3.28. The number of nitrogens with one attached hydrogen (secondary N) is 1. The Hall–Kier alpha value is -3.82. The van der Waals surface area contributed by atoms with Crippen LogP contribution < -0.4 is 20.9 Å². The predicted molar refractivity (Wildman–Crippen MR) is 139 cm³/mol. The van der Waals surface area contributed by atoms with Crippen molar-refractivity contribution in [1.29, 1.82) is 0 Å². The number of piperidine rings is 1. The van der Waals surface area contributed by atoms with Crippen molar-refractivity contribution in [3.63, 3.8) is 0 Å². The maximum absolute atomic E-state index is 12.6. The van der Waals surface area contributed by atoms with E-state index in [4.69, 9.17) is 5.73 Å². The van der Waals surface area contributed by atoms with E-state index >= 15 is 0 Å². The molecule has 2 heterocycles. The number of nitrogens with zero attached hydrogens (tertiary/aromatic N) is 5. The van der Waals surface area contributed by atoms with Gasteiger partial charge in [0.05, 0.1) is 22.5 Å². The van der Waals surface area contributed by atoms with Gasteiger partial charge < -0.3 is 30.7 Å². The van der Waals surface area contributed by atoms with E-state index in [1.165, 1.54) is 6.20 Å². The van der Waals surface area contributed by atoms with Crippen LogP contribution in [0.15, 0.2) is 30.5 Å². The molecule has 1 aliphatic rings. The van der Waals surface area contributed by atoms with Crippen LogP contribution in [0.5, 0.6) is 0 Å². The molecule has 10 heteroatoms. The van der Waals surface area contributed by atoms with E-state index in [0.717, 1.165) is 30.8 Å². The van der Waals surface area contributed by atoms with E-state index in [1.54, 1.807) is 38.1 Å². The van der Waals surface area contributed by atoms with Crippen LogP contribution in [0.3, 0.4) is 0 Å². The number of benzene rings is 1. The average molecular weight is 482 g/mol. The summed E-state index contributed by atoms with van der Waals surface area (Å²) < 4.78 is 0. The zero-order valence-corrected chi connectivity index (χ0v) is 21.3. The molecule has 1 saturated heterocycles. The molecule has 3 rings (SSSR count). The van der Waals surface area contributed by atoms with E-state index in [1.807, 2.05) is 48.0 Å². The molecule has 188 valence electrons. The minimum absolute atomic E-state index is 0.0446. The van der Waals surface area contributed by atoms with Crippen LogP contribution in [0.2, 0.25) is 0 Å². The maximum atomic E-state index is 12.6. The largest absolute Gasteiger partial charge is 0.377 e. The molecule has 1 fully saturated rings. The molecule has 1 aromatic carbocycles. The molecular weight excluding hydrogens is 446 g/mol. The first kappa shape index (κ1) is 25.8. The van der Waals surface area contributed by atoms with Crippen LogP contribution in [0.4, 0.5) is 22.9 Å². The fourth-order valence-electron chi connectivity index (χ4n) is 4.30. The lowest BCUT2D eigenvalue weighted by molar-refractivity contribution is -0.129. The number of rotatable bonds is 7. The van der Waals surface area contributed by atoms with E-state index in [-0.39, 0.29) is 17.9 Å². The van der Waals surface area contributed by atoms with Crippen molar-refractivity contribution in [1.82, 2.24) is 14.8 Å². The number of anilines is 4. The average Bonchev–Trinajstić information content (AvgIpc) is 2.82. The Morgan fingerprint density at radius 1 is 1.06 bits per heavy atom. The Labute approximate surface area is 206 Å². The lowest BCUT2D eigenvalue weighted by Crippen LogP contribution is -2.48. The number of pyridine rings is 1. The third-order valence-corrected chi connectivity index (χ3v) is 6.31. The van der Waals surface area contributed by atoms with Gasteiger partial charge in [-0.1, -0.05) is 0 Å². The lowest BCUT2D eigenvalue weighted by Gasteiger charge is -2.38. The van der Waals surface area contributed by atoms with Crippen molar-refractivity contribution in [2.45, 2.75) is 25.8 Å². The molecule has 0 aliphatic carbocycles. The number of primary amides is 1. The van der Waals surface area contributed by atoms with Gasteiger partial charge in [-0.2, -0.15) is 0 Å². The standard InChI is InChI=1S/C25H35N7O3/c1-16(33)32-11-7-8-18(15-32)31(6)22-13-23(27-14-20(22)24(26)34)28-17-9-10-19(25(35)30(4)5)21(12-17)29(2)3/h9-10,12-14,18H,7-8,11,15H2,1-6H3,(H2,26,34)(H,27,28)/t18-/m1/s1. The predicted octanol–water partition coefficient (Wildman–Crippen LogP) is 2.14. The van der Waals surface area contributed by atoms with Crippen molar-refractivity contribution in [3.05, 3.63) is 41.6 Å². The minimum atomic E-state index is -0.563. The summed E-state index contributed by atoms with van der Waals surface area (Å²) in [5.41, 5.74) is 8.73. The highest BCUT2D eigenvalue weighted by atomic mass is 16.2. The van der Waals surface area contributed by atoms with Crippen molar-refractivity contribution >= 4 is 40.6 Å². The zero-order valence-electron chi connectivity index (χ0n) is 21.3. The highest BCUT2D eigenvalue weighted by Gasteiger charge is 2.27. The van der Waals surface area contributed by atoms with Crippen LogP contribution in [0.1, 0.15) is 40.5 Å². The Morgan fingerprint density at radius 3 is 2.37 bits per heavy atom. The third-order valence-electron chi connectivity index (χ3n) is 6.31. The Balaban J connectivity index is 1.92. The zero-order chi connectivity index (χ0) is 25.9. The number of carbonyl (C=O) groups excluding carboxylic acids is 3. The van der Waals surface area contributed by atoms with Gasteiger partial charge in [-0.3, -0.25) is 14.4 Å². The highest BCUT2D eigenvalue weighted by molar-refractivity contribution is 6.01. The molecule has 0 unspecified atom stereocenters. The number of hydrogen-bond acceptors (Lipinski definition) is 7. The van der Waals surface area contributed by atoms with Crippen molar-refractivity contribution in [3.8, 4) is 0 Å². The van der Waals surface area contributed by atoms with Crippen LogP contribution in [0, 0.1) is 0 Å². The number of amides is 3. The van der Waals surface area contributed by atoms with Gasteiger partial charge in [-0.25, -0.2) is 4.98 Å². The van der Waals surface area contributed by atoms with Gasteiger partial charge in [-0.05, 0) is 31.0 Å². The first-order valence-electron chi connectivity index (χ1n) is 11.6. The second kappa shape index (κ2) is 10.6. The summed E-state index contributed by atoms with van der Waals surface area (Å²) in [7, 11) is 9.11. The first-order valence-corrected chi connectivity index (χ1v) is 11.6. The first-order chi connectivity index (χ1) is 16.5. The van der Waals surface area contributed by atoms with Crippen LogP contribution >= 0.6 is 0 Å².